The zero-order chi connectivity index (χ0) is 17.6. The number of morpholine rings is 1. The van der Waals surface area contributed by atoms with Gasteiger partial charge in [0.1, 0.15) is 5.75 Å². The Balaban J connectivity index is 1.78. The molecule has 0 saturated carbocycles. The third-order valence-corrected chi connectivity index (χ3v) is 3.92. The fourth-order valence-corrected chi connectivity index (χ4v) is 2.75. The van der Waals surface area contributed by atoms with Gasteiger partial charge in [-0.2, -0.15) is 8.78 Å². The van der Waals surface area contributed by atoms with Crippen LogP contribution in [0.5, 0.6) is 5.75 Å². The van der Waals surface area contributed by atoms with Gasteiger partial charge in [0, 0.05) is 6.54 Å². The van der Waals surface area contributed by atoms with Crippen molar-refractivity contribution in [1.82, 2.24) is 4.90 Å². The fraction of sp³-hybridized carbons (Fsp3) is 0.278. The predicted octanol–water partition coefficient (Wildman–Crippen LogP) is 3.89. The normalized spacial score (nSPS) is 17.4. The number of anilines is 1. The van der Waals surface area contributed by atoms with Crippen LogP contribution < -0.4 is 10.1 Å². The quantitative estimate of drug-likeness (QED) is 0.912. The van der Waals surface area contributed by atoms with Gasteiger partial charge in [0.25, 0.3) is 0 Å². The van der Waals surface area contributed by atoms with E-state index >= 15 is 0 Å². The van der Waals surface area contributed by atoms with Gasteiger partial charge in [0.05, 0.1) is 24.9 Å². The van der Waals surface area contributed by atoms with Crippen LogP contribution in [0.1, 0.15) is 11.6 Å². The number of amides is 2. The number of ether oxygens (including phenoxy) is 2. The number of nitrogens with one attached hydrogen (secondary N) is 1. The molecular weight excluding hydrogens is 330 g/mol. The van der Waals surface area contributed by atoms with Crippen molar-refractivity contribution in [2.45, 2.75) is 12.7 Å². The van der Waals surface area contributed by atoms with E-state index in [1.54, 1.807) is 17.0 Å². The van der Waals surface area contributed by atoms with Gasteiger partial charge in [-0.05, 0) is 17.7 Å². The summed E-state index contributed by atoms with van der Waals surface area (Å²) in [5, 5.41) is 2.66. The first-order valence-electron chi connectivity index (χ1n) is 7.89. The zero-order valence-electron chi connectivity index (χ0n) is 13.4. The van der Waals surface area contributed by atoms with E-state index in [9.17, 15) is 13.6 Å². The molecule has 1 aliphatic rings. The maximum atomic E-state index is 12.7. The molecule has 2 aromatic rings. The van der Waals surface area contributed by atoms with Crippen LogP contribution in [0, 0.1) is 0 Å². The summed E-state index contributed by atoms with van der Waals surface area (Å²) in [5.41, 5.74) is 1.15. The predicted molar refractivity (Wildman–Crippen MR) is 88.8 cm³/mol. The highest BCUT2D eigenvalue weighted by Gasteiger charge is 2.29. The second kappa shape index (κ2) is 7.94. The van der Waals surface area contributed by atoms with Crippen LogP contribution in [-0.2, 0) is 4.74 Å². The highest BCUT2D eigenvalue weighted by atomic mass is 19.3. The SMILES string of the molecule is O=C(Nc1ccccc1OC(F)F)N1CCOC[C@H]1c1ccccc1. The Morgan fingerprint density at radius 1 is 1.16 bits per heavy atom. The molecular formula is C18H18F2N2O3. The van der Waals surface area contributed by atoms with E-state index in [1.165, 1.54) is 12.1 Å². The Bertz CT molecular complexity index is 712. The minimum Gasteiger partial charge on any atom is -0.433 e. The number of hydrogen-bond donors (Lipinski definition) is 1. The van der Waals surface area contributed by atoms with E-state index < -0.39 is 6.61 Å². The van der Waals surface area contributed by atoms with Crippen LogP contribution in [0.25, 0.3) is 0 Å². The van der Waals surface area contributed by atoms with Crippen molar-refractivity contribution < 1.29 is 23.0 Å². The van der Waals surface area contributed by atoms with Crippen LogP contribution in [0.4, 0.5) is 19.3 Å². The molecule has 2 amide bonds. The topological polar surface area (TPSA) is 50.8 Å². The zero-order valence-corrected chi connectivity index (χ0v) is 13.4. The van der Waals surface area contributed by atoms with Gasteiger partial charge in [0.15, 0.2) is 0 Å². The molecule has 1 fully saturated rings. The maximum absolute atomic E-state index is 12.7. The Morgan fingerprint density at radius 2 is 1.88 bits per heavy atom. The van der Waals surface area contributed by atoms with Gasteiger partial charge in [-0.15, -0.1) is 0 Å². The second-order valence-electron chi connectivity index (χ2n) is 5.50. The first-order valence-corrected chi connectivity index (χ1v) is 7.89. The lowest BCUT2D eigenvalue weighted by Gasteiger charge is -2.36. The molecule has 0 unspecified atom stereocenters. The number of rotatable bonds is 4. The Morgan fingerprint density at radius 3 is 2.64 bits per heavy atom. The number of urea groups is 1. The summed E-state index contributed by atoms with van der Waals surface area (Å²) in [6.07, 6.45) is 0. The van der Waals surface area contributed by atoms with Gasteiger partial charge >= 0.3 is 12.6 Å². The highest BCUT2D eigenvalue weighted by molar-refractivity contribution is 5.91. The molecule has 0 radical (unpaired) electrons. The van der Waals surface area contributed by atoms with E-state index in [4.69, 9.17) is 4.74 Å². The van der Waals surface area contributed by atoms with Crippen LogP contribution >= 0.6 is 0 Å². The van der Waals surface area contributed by atoms with Gasteiger partial charge in [-0.25, -0.2) is 4.79 Å². The molecule has 1 aliphatic heterocycles. The Hall–Kier alpha value is -2.67. The van der Waals surface area contributed by atoms with Gasteiger partial charge < -0.3 is 19.7 Å². The van der Waals surface area contributed by atoms with Crippen LogP contribution in [-0.4, -0.2) is 37.3 Å². The lowest BCUT2D eigenvalue weighted by Crippen LogP contribution is -2.45. The molecule has 25 heavy (non-hydrogen) atoms. The number of carbonyl (C=O) groups excluding carboxylic acids is 1. The summed E-state index contributed by atoms with van der Waals surface area (Å²) in [6.45, 7) is -1.75. The summed E-state index contributed by atoms with van der Waals surface area (Å²) in [4.78, 5) is 14.3. The first kappa shape index (κ1) is 17.2. The summed E-state index contributed by atoms with van der Waals surface area (Å²) < 4.78 is 35.0. The minimum absolute atomic E-state index is 0.0737. The molecule has 0 spiro atoms. The summed E-state index contributed by atoms with van der Waals surface area (Å²) >= 11 is 0. The summed E-state index contributed by atoms with van der Waals surface area (Å²) in [6, 6.07) is 15.0. The molecule has 3 rings (SSSR count). The molecule has 5 nitrogen and oxygen atoms in total. The number of nitrogens with zero attached hydrogens (tertiary/aromatic N) is 1. The van der Waals surface area contributed by atoms with Crippen LogP contribution in [0.3, 0.4) is 0 Å². The van der Waals surface area contributed by atoms with E-state index in [0.717, 1.165) is 5.56 Å². The number of alkyl halides is 2. The third kappa shape index (κ3) is 4.24. The van der Waals surface area contributed by atoms with Crippen molar-refractivity contribution >= 4 is 11.7 Å². The standard InChI is InChI=1S/C18H18F2N2O3/c19-17(20)25-16-9-5-4-8-14(16)21-18(23)22-10-11-24-12-15(22)13-6-2-1-3-7-13/h1-9,15,17H,10-12H2,(H,21,23)/t15-/m0/s1. The van der Waals surface area contributed by atoms with Crippen molar-refractivity contribution in [3.8, 4) is 5.75 Å². The highest BCUT2D eigenvalue weighted by Crippen LogP contribution is 2.28. The molecule has 1 N–H and O–H groups in total. The van der Waals surface area contributed by atoms with Crippen LogP contribution in [0.2, 0.25) is 0 Å². The lowest BCUT2D eigenvalue weighted by molar-refractivity contribution is -0.0493. The molecule has 7 heteroatoms. The summed E-state index contributed by atoms with van der Waals surface area (Å²) in [7, 11) is 0. The van der Waals surface area contributed by atoms with Crippen molar-refractivity contribution in [2.24, 2.45) is 0 Å². The van der Waals surface area contributed by atoms with E-state index in [0.29, 0.717) is 19.8 Å². The van der Waals surface area contributed by atoms with Gasteiger partial charge in [-0.3, -0.25) is 0 Å². The molecule has 1 heterocycles. The van der Waals surface area contributed by atoms with Crippen molar-refractivity contribution in [2.75, 3.05) is 25.1 Å². The van der Waals surface area contributed by atoms with Crippen molar-refractivity contribution in [3.05, 3.63) is 60.2 Å². The monoisotopic (exact) mass is 348 g/mol. The fourth-order valence-electron chi connectivity index (χ4n) is 2.75. The molecule has 0 aromatic heterocycles. The number of hydrogen-bond acceptors (Lipinski definition) is 3. The number of halogens is 2. The van der Waals surface area contributed by atoms with Crippen molar-refractivity contribution in [3.63, 3.8) is 0 Å². The summed E-state index contributed by atoms with van der Waals surface area (Å²) in [5.74, 6) is -0.0737. The average Bonchev–Trinajstić information content (AvgIpc) is 2.63. The van der Waals surface area contributed by atoms with Gasteiger partial charge in [0.2, 0.25) is 0 Å². The second-order valence-corrected chi connectivity index (χ2v) is 5.50. The van der Waals surface area contributed by atoms with Crippen LogP contribution in [0.15, 0.2) is 54.6 Å². The average molecular weight is 348 g/mol. The van der Waals surface area contributed by atoms with E-state index in [2.05, 4.69) is 10.1 Å². The maximum Gasteiger partial charge on any atom is 0.387 e. The molecule has 0 bridgehead atoms. The van der Waals surface area contributed by atoms with E-state index in [-0.39, 0.29) is 23.5 Å². The largest absolute Gasteiger partial charge is 0.433 e. The lowest BCUT2D eigenvalue weighted by atomic mass is 10.1. The van der Waals surface area contributed by atoms with E-state index in [1.807, 2.05) is 30.3 Å². The molecule has 1 atom stereocenters. The third-order valence-electron chi connectivity index (χ3n) is 3.92. The van der Waals surface area contributed by atoms with Gasteiger partial charge in [-0.1, -0.05) is 42.5 Å². The molecule has 2 aromatic carbocycles. The number of carbonyl (C=O) groups is 1. The molecule has 0 aliphatic carbocycles. The number of para-hydroxylation sites is 2. The Kier molecular flexibility index (Phi) is 5.45. The minimum atomic E-state index is -2.96. The molecule has 132 valence electrons. The number of benzene rings is 2. The first-order chi connectivity index (χ1) is 12.1. The van der Waals surface area contributed by atoms with Crippen molar-refractivity contribution in [1.29, 1.82) is 0 Å². The Labute approximate surface area is 144 Å². The molecule has 1 saturated heterocycles. The smallest absolute Gasteiger partial charge is 0.387 e.